The Morgan fingerprint density at radius 3 is 2.83 bits per heavy atom. The van der Waals surface area contributed by atoms with Gasteiger partial charge < -0.3 is 20.7 Å². The van der Waals surface area contributed by atoms with Crippen LogP contribution in [0.15, 0.2) is 30.6 Å². The lowest BCUT2D eigenvalue weighted by Crippen LogP contribution is -2.08. The molecule has 0 fully saturated rings. The van der Waals surface area contributed by atoms with Crippen LogP contribution in [0.2, 0.25) is 0 Å². The summed E-state index contributed by atoms with van der Waals surface area (Å²) in [5.41, 5.74) is 8.98. The zero-order chi connectivity index (χ0) is 16.4. The number of hydrogen-bond acceptors (Lipinski definition) is 6. The first kappa shape index (κ1) is 15.2. The maximum atomic E-state index is 9.01. The fourth-order valence-electron chi connectivity index (χ4n) is 2.58. The largest absolute Gasteiger partial charge is 0.399 e. The van der Waals surface area contributed by atoms with Gasteiger partial charge in [-0.25, -0.2) is 15.0 Å². The lowest BCUT2D eigenvalue weighted by atomic mass is 10.2. The summed E-state index contributed by atoms with van der Waals surface area (Å²) in [6.07, 6.45) is 1.51. The second-order valence-corrected chi connectivity index (χ2v) is 5.57. The van der Waals surface area contributed by atoms with Gasteiger partial charge in [-0.15, -0.1) is 0 Å². The van der Waals surface area contributed by atoms with E-state index in [-0.39, 0.29) is 12.6 Å². The first-order chi connectivity index (χ1) is 11.1. The van der Waals surface area contributed by atoms with Crippen LogP contribution in [-0.2, 0) is 0 Å². The molecule has 2 heterocycles. The standard InChI is InChI=1S/C16H20N6O/c1-10(2)22-15(11-4-3-5-12(17)8-11)21-13-14(18-6-7-23)19-9-20-16(13)22/h3-5,8-10,23H,6-7,17H2,1-2H3,(H,18,19,20). The lowest BCUT2D eigenvalue weighted by molar-refractivity contribution is 0.311. The Kier molecular flexibility index (Phi) is 4.12. The molecule has 120 valence electrons. The molecule has 0 aliphatic rings. The van der Waals surface area contributed by atoms with Crippen molar-refractivity contribution in [3.8, 4) is 11.4 Å². The first-order valence-electron chi connectivity index (χ1n) is 7.55. The van der Waals surface area contributed by atoms with Gasteiger partial charge in [-0.05, 0) is 26.0 Å². The highest BCUT2D eigenvalue weighted by Crippen LogP contribution is 2.30. The number of nitrogen functional groups attached to an aromatic ring is 1. The van der Waals surface area contributed by atoms with Gasteiger partial charge in [0.05, 0.1) is 6.61 Å². The quantitative estimate of drug-likeness (QED) is 0.623. The fraction of sp³-hybridized carbons (Fsp3) is 0.312. The molecule has 4 N–H and O–H groups in total. The SMILES string of the molecule is CC(C)n1c(-c2cccc(N)c2)nc2c(NCCO)ncnc21. The van der Waals surface area contributed by atoms with Crippen LogP contribution in [0.5, 0.6) is 0 Å². The van der Waals surface area contributed by atoms with Crippen molar-refractivity contribution in [3.63, 3.8) is 0 Å². The van der Waals surface area contributed by atoms with Gasteiger partial charge in [0, 0.05) is 23.8 Å². The van der Waals surface area contributed by atoms with Crippen LogP contribution < -0.4 is 11.1 Å². The molecule has 0 spiro atoms. The van der Waals surface area contributed by atoms with E-state index in [0.29, 0.717) is 23.6 Å². The van der Waals surface area contributed by atoms with Gasteiger partial charge >= 0.3 is 0 Å². The third-order valence-electron chi connectivity index (χ3n) is 3.54. The highest BCUT2D eigenvalue weighted by molar-refractivity contribution is 5.86. The van der Waals surface area contributed by atoms with Crippen LogP contribution >= 0.6 is 0 Å². The predicted octanol–water partition coefficient (Wildman–Crippen LogP) is 2.06. The molecule has 0 atom stereocenters. The normalized spacial score (nSPS) is 11.3. The second-order valence-electron chi connectivity index (χ2n) is 5.57. The zero-order valence-corrected chi connectivity index (χ0v) is 13.2. The monoisotopic (exact) mass is 312 g/mol. The minimum atomic E-state index is 0.0263. The third kappa shape index (κ3) is 2.83. The number of imidazole rings is 1. The van der Waals surface area contributed by atoms with Crippen LogP contribution in [0.1, 0.15) is 19.9 Å². The Balaban J connectivity index is 2.23. The van der Waals surface area contributed by atoms with Gasteiger partial charge in [0.15, 0.2) is 17.0 Å². The molecular formula is C16H20N6O. The van der Waals surface area contributed by atoms with Crippen molar-refractivity contribution in [2.75, 3.05) is 24.2 Å². The molecule has 23 heavy (non-hydrogen) atoms. The van der Waals surface area contributed by atoms with E-state index in [0.717, 1.165) is 17.0 Å². The fourth-order valence-corrected chi connectivity index (χ4v) is 2.58. The van der Waals surface area contributed by atoms with Gasteiger partial charge in [-0.1, -0.05) is 12.1 Å². The molecular weight excluding hydrogens is 292 g/mol. The average molecular weight is 312 g/mol. The van der Waals surface area contributed by atoms with E-state index < -0.39 is 0 Å². The molecule has 0 aliphatic heterocycles. The van der Waals surface area contributed by atoms with Gasteiger partial charge in [0.1, 0.15) is 12.2 Å². The summed E-state index contributed by atoms with van der Waals surface area (Å²) >= 11 is 0. The van der Waals surface area contributed by atoms with Crippen LogP contribution in [0.4, 0.5) is 11.5 Å². The number of hydrogen-bond donors (Lipinski definition) is 3. The summed E-state index contributed by atoms with van der Waals surface area (Å²) in [6.45, 7) is 4.60. The van der Waals surface area contributed by atoms with Crippen molar-refractivity contribution >= 4 is 22.7 Å². The zero-order valence-electron chi connectivity index (χ0n) is 13.2. The Morgan fingerprint density at radius 1 is 1.30 bits per heavy atom. The number of anilines is 2. The molecule has 0 unspecified atom stereocenters. The number of fused-ring (bicyclic) bond motifs is 1. The molecule has 0 saturated heterocycles. The molecule has 0 bridgehead atoms. The van der Waals surface area contributed by atoms with E-state index in [1.807, 2.05) is 24.3 Å². The van der Waals surface area contributed by atoms with E-state index in [9.17, 15) is 0 Å². The summed E-state index contributed by atoms with van der Waals surface area (Å²) in [5, 5.41) is 12.1. The van der Waals surface area contributed by atoms with Crippen molar-refractivity contribution in [2.45, 2.75) is 19.9 Å². The molecule has 0 aliphatic carbocycles. The van der Waals surface area contributed by atoms with Crippen molar-refractivity contribution in [2.24, 2.45) is 0 Å². The Bertz CT molecular complexity index is 827. The van der Waals surface area contributed by atoms with Gasteiger partial charge in [0.2, 0.25) is 0 Å². The number of benzene rings is 1. The van der Waals surface area contributed by atoms with Crippen molar-refractivity contribution < 1.29 is 5.11 Å². The number of rotatable bonds is 5. The highest BCUT2D eigenvalue weighted by Gasteiger charge is 2.19. The van der Waals surface area contributed by atoms with Crippen molar-refractivity contribution in [3.05, 3.63) is 30.6 Å². The summed E-state index contributed by atoms with van der Waals surface area (Å²) in [4.78, 5) is 13.4. The second kappa shape index (κ2) is 6.21. The molecule has 7 nitrogen and oxygen atoms in total. The maximum absolute atomic E-state index is 9.01. The number of nitrogens with two attached hydrogens (primary N) is 1. The summed E-state index contributed by atoms with van der Waals surface area (Å²) in [5.74, 6) is 1.42. The lowest BCUT2D eigenvalue weighted by Gasteiger charge is -2.12. The maximum Gasteiger partial charge on any atom is 0.166 e. The van der Waals surface area contributed by atoms with Crippen molar-refractivity contribution in [1.29, 1.82) is 0 Å². The molecule has 1 aromatic carbocycles. The smallest absolute Gasteiger partial charge is 0.166 e. The Labute approximate surface area is 134 Å². The molecule has 7 heteroatoms. The summed E-state index contributed by atoms with van der Waals surface area (Å²) in [6, 6.07) is 7.81. The van der Waals surface area contributed by atoms with Crippen molar-refractivity contribution in [1.82, 2.24) is 19.5 Å². The number of aromatic nitrogens is 4. The number of aliphatic hydroxyl groups excluding tert-OH is 1. The van der Waals surface area contributed by atoms with Gasteiger partial charge in [0.25, 0.3) is 0 Å². The van der Waals surface area contributed by atoms with E-state index in [4.69, 9.17) is 15.8 Å². The van der Waals surface area contributed by atoms with E-state index in [1.54, 1.807) is 0 Å². The van der Waals surface area contributed by atoms with Crippen LogP contribution in [0, 0.1) is 0 Å². The number of nitrogens with one attached hydrogen (secondary N) is 1. The molecule has 3 aromatic rings. The molecule has 0 radical (unpaired) electrons. The minimum absolute atomic E-state index is 0.0263. The van der Waals surface area contributed by atoms with Gasteiger partial charge in [-0.3, -0.25) is 0 Å². The summed E-state index contributed by atoms with van der Waals surface area (Å²) in [7, 11) is 0. The average Bonchev–Trinajstić information content (AvgIpc) is 2.93. The van der Waals surface area contributed by atoms with Crippen LogP contribution in [0.25, 0.3) is 22.6 Å². The molecule has 0 saturated carbocycles. The third-order valence-corrected chi connectivity index (χ3v) is 3.54. The van der Waals surface area contributed by atoms with Gasteiger partial charge in [-0.2, -0.15) is 0 Å². The van der Waals surface area contributed by atoms with E-state index >= 15 is 0 Å². The topological polar surface area (TPSA) is 102 Å². The molecule has 2 aromatic heterocycles. The highest BCUT2D eigenvalue weighted by atomic mass is 16.3. The molecule has 3 rings (SSSR count). The Morgan fingerprint density at radius 2 is 2.13 bits per heavy atom. The van der Waals surface area contributed by atoms with Crippen LogP contribution in [0.3, 0.4) is 0 Å². The van der Waals surface area contributed by atoms with E-state index in [2.05, 4.69) is 33.7 Å². The summed E-state index contributed by atoms with van der Waals surface area (Å²) < 4.78 is 2.07. The first-order valence-corrected chi connectivity index (χ1v) is 7.55. The van der Waals surface area contributed by atoms with Crippen LogP contribution in [-0.4, -0.2) is 37.8 Å². The predicted molar refractivity (Wildman–Crippen MR) is 91.1 cm³/mol. The molecule has 0 amide bonds. The van der Waals surface area contributed by atoms with E-state index in [1.165, 1.54) is 6.33 Å². The Hall–Kier alpha value is -2.67. The number of nitrogens with zero attached hydrogens (tertiary/aromatic N) is 4. The number of aliphatic hydroxyl groups is 1. The minimum Gasteiger partial charge on any atom is -0.399 e.